The van der Waals surface area contributed by atoms with Gasteiger partial charge in [0.1, 0.15) is 11.9 Å². The molecule has 12 nitrogen and oxygen atoms in total. The number of amides is 4. The van der Waals surface area contributed by atoms with Gasteiger partial charge in [-0.2, -0.15) is 4.98 Å². The highest BCUT2D eigenvalue weighted by Gasteiger charge is 2.27. The Bertz CT molecular complexity index is 1960. The van der Waals surface area contributed by atoms with Crippen LogP contribution < -0.4 is 26.2 Å². The van der Waals surface area contributed by atoms with Gasteiger partial charge < -0.3 is 16.0 Å². The molecular formula is C37H37N9O3. The fourth-order valence-corrected chi connectivity index (χ4v) is 5.56. The van der Waals surface area contributed by atoms with Crippen LogP contribution in [0.5, 0.6) is 0 Å². The maximum Gasteiger partial charge on any atom is 0.327 e. The molecule has 248 valence electrons. The topological polar surface area (TPSA) is 154 Å². The number of aryl methyl sites for hydroxylation is 2. The van der Waals surface area contributed by atoms with E-state index >= 15 is 0 Å². The van der Waals surface area contributed by atoms with E-state index in [1.807, 2.05) is 51.1 Å². The second-order valence-corrected chi connectivity index (χ2v) is 12.0. The molecule has 1 aliphatic carbocycles. The molecule has 4 heterocycles. The Hall–Kier alpha value is -6.17. The van der Waals surface area contributed by atoms with E-state index in [2.05, 4.69) is 53.4 Å². The average Bonchev–Trinajstić information content (AvgIpc) is 3.12. The average molecular weight is 656 g/mol. The Labute approximate surface area is 284 Å². The molecule has 1 unspecified atom stereocenters. The molecule has 1 aromatic carbocycles. The number of carbonyl (C=O) groups excluding carboxylic acids is 3. The number of rotatable bonds is 7. The van der Waals surface area contributed by atoms with E-state index in [0.717, 1.165) is 28.9 Å². The lowest BCUT2D eigenvalue weighted by Gasteiger charge is -2.30. The zero-order chi connectivity index (χ0) is 34.3. The summed E-state index contributed by atoms with van der Waals surface area (Å²) in [6.07, 6.45) is 21.2. The van der Waals surface area contributed by atoms with Crippen molar-refractivity contribution in [1.82, 2.24) is 20.3 Å². The number of nitrogens with zero attached hydrogens (tertiary/aromatic N) is 5. The third-order valence-corrected chi connectivity index (χ3v) is 8.21. The lowest BCUT2D eigenvalue weighted by molar-refractivity contribution is -0.121. The van der Waals surface area contributed by atoms with Crippen molar-refractivity contribution in [2.24, 2.45) is 10.9 Å². The number of urea groups is 1. The number of benzene rings is 1. The Morgan fingerprint density at radius 1 is 1.00 bits per heavy atom. The van der Waals surface area contributed by atoms with Gasteiger partial charge in [0.25, 0.3) is 5.91 Å². The zero-order valence-corrected chi connectivity index (χ0v) is 27.5. The molecule has 4 N–H and O–H groups in total. The van der Waals surface area contributed by atoms with E-state index in [4.69, 9.17) is 0 Å². The minimum atomic E-state index is -0.558. The number of aliphatic imine (C=N–C) groups is 1. The van der Waals surface area contributed by atoms with Crippen LogP contribution in [0.25, 0.3) is 0 Å². The van der Waals surface area contributed by atoms with Crippen LogP contribution in [0.15, 0.2) is 108 Å². The van der Waals surface area contributed by atoms with Crippen molar-refractivity contribution in [2.45, 2.75) is 46.2 Å². The van der Waals surface area contributed by atoms with Crippen LogP contribution in [-0.4, -0.2) is 44.6 Å². The van der Waals surface area contributed by atoms with E-state index in [1.165, 1.54) is 6.20 Å². The van der Waals surface area contributed by atoms with Gasteiger partial charge in [-0.1, -0.05) is 36.4 Å². The van der Waals surface area contributed by atoms with Crippen molar-refractivity contribution < 1.29 is 14.4 Å². The van der Waals surface area contributed by atoms with E-state index < -0.39 is 6.04 Å². The van der Waals surface area contributed by atoms with Crippen molar-refractivity contribution in [3.05, 3.63) is 120 Å². The molecule has 12 heteroatoms. The first-order chi connectivity index (χ1) is 23.7. The highest BCUT2D eigenvalue weighted by molar-refractivity contribution is 6.08. The summed E-state index contributed by atoms with van der Waals surface area (Å²) >= 11 is 0. The van der Waals surface area contributed by atoms with Crippen molar-refractivity contribution in [2.75, 3.05) is 20.9 Å². The highest BCUT2D eigenvalue weighted by atomic mass is 16.2. The van der Waals surface area contributed by atoms with Crippen molar-refractivity contribution in [3.8, 4) is 0 Å². The van der Waals surface area contributed by atoms with Gasteiger partial charge in [-0.3, -0.25) is 29.8 Å². The molecule has 2 atom stereocenters. The molecule has 0 bridgehead atoms. The number of hydrogen-bond acceptors (Lipinski definition) is 8. The minimum Gasteiger partial charge on any atom is -0.331 e. The Morgan fingerprint density at radius 3 is 2.65 bits per heavy atom. The van der Waals surface area contributed by atoms with Gasteiger partial charge in [0, 0.05) is 40.6 Å². The Morgan fingerprint density at radius 2 is 1.86 bits per heavy atom. The molecule has 0 saturated carbocycles. The maximum absolute atomic E-state index is 13.4. The second-order valence-electron chi connectivity index (χ2n) is 12.0. The molecule has 0 saturated heterocycles. The fourth-order valence-electron chi connectivity index (χ4n) is 5.56. The van der Waals surface area contributed by atoms with E-state index in [9.17, 15) is 14.4 Å². The fraction of sp³-hybridized carbons (Fsp3) is 0.216. The van der Waals surface area contributed by atoms with Crippen LogP contribution in [0, 0.1) is 19.8 Å². The molecular weight excluding hydrogens is 618 g/mol. The predicted molar refractivity (Wildman–Crippen MR) is 192 cm³/mol. The molecule has 49 heavy (non-hydrogen) atoms. The summed E-state index contributed by atoms with van der Waals surface area (Å²) in [5, 5.41) is 11.7. The van der Waals surface area contributed by atoms with Gasteiger partial charge in [0.05, 0.1) is 24.1 Å². The zero-order valence-electron chi connectivity index (χ0n) is 27.5. The van der Waals surface area contributed by atoms with Gasteiger partial charge in [-0.25, -0.2) is 9.78 Å². The minimum absolute atomic E-state index is 0.228. The first kappa shape index (κ1) is 32.8. The molecule has 6 rings (SSSR count). The van der Waals surface area contributed by atoms with Crippen molar-refractivity contribution in [1.29, 1.82) is 0 Å². The van der Waals surface area contributed by atoms with Crippen LogP contribution in [0.2, 0.25) is 0 Å². The number of nitrogens with one attached hydrogen (secondary N) is 4. The van der Waals surface area contributed by atoms with Crippen molar-refractivity contribution in [3.63, 3.8) is 0 Å². The standard InChI is InChI=1S/C37H37N9O3/c1-23-12-14-29(19-32(23)46-22-28-20-40-36(44-33(28)45-37(46)49)43-30-15-13-24(2)39-21-30)42-34(47)27-11-7-8-25(3)41-31(35(48)38-17-16-27)18-26-9-5-4-6-10-26/h4-9,11-17,19-21,26,31H,10,18,22H2,1-3H3,(H,38,48)(H,42,47)(H2,40,43,44,45,49)/b8-7?,17-16+,27-11+,41-25?/t26?,31-/m0/s1. The van der Waals surface area contributed by atoms with Crippen LogP contribution in [0.3, 0.4) is 0 Å². The molecule has 0 spiro atoms. The smallest absolute Gasteiger partial charge is 0.327 e. The number of allylic oxidation sites excluding steroid dienone is 7. The quantitative estimate of drug-likeness (QED) is 0.236. The first-order valence-electron chi connectivity index (χ1n) is 16.0. The van der Waals surface area contributed by atoms with Crippen LogP contribution in [0.1, 0.15) is 36.6 Å². The van der Waals surface area contributed by atoms with E-state index in [1.54, 1.807) is 53.7 Å². The van der Waals surface area contributed by atoms with E-state index in [0.29, 0.717) is 40.8 Å². The molecule has 2 aromatic heterocycles. The normalized spacial score (nSPS) is 20.5. The van der Waals surface area contributed by atoms with Gasteiger partial charge in [0.15, 0.2) is 0 Å². The third-order valence-electron chi connectivity index (χ3n) is 8.21. The number of aromatic nitrogens is 3. The van der Waals surface area contributed by atoms with Crippen molar-refractivity contribution >= 4 is 52.4 Å². The SMILES string of the molecule is CC1=N[C@@H](CC2C=CC=CC2)C(=O)N/C=C/C(C(=O)Nc2ccc(C)c(N3Cc4cnc(Nc5ccc(C)nc5)nc4NC3=O)c2)=C\C=C1. The van der Waals surface area contributed by atoms with Crippen LogP contribution >= 0.6 is 0 Å². The number of pyridine rings is 1. The maximum atomic E-state index is 13.4. The molecule has 4 amide bonds. The summed E-state index contributed by atoms with van der Waals surface area (Å²) in [6.45, 7) is 5.87. The van der Waals surface area contributed by atoms with Gasteiger partial charge in [-0.15, -0.1) is 0 Å². The molecule has 0 fully saturated rings. The van der Waals surface area contributed by atoms with Gasteiger partial charge in [0.2, 0.25) is 11.9 Å². The number of fused-ring (bicyclic) bond motifs is 1. The number of carbonyl (C=O) groups is 3. The van der Waals surface area contributed by atoms with Crippen LogP contribution in [0.4, 0.5) is 33.6 Å². The lowest BCUT2D eigenvalue weighted by Crippen LogP contribution is -2.39. The molecule has 2 aliphatic heterocycles. The third kappa shape index (κ3) is 8.22. The summed E-state index contributed by atoms with van der Waals surface area (Å²) in [5.41, 5.74) is 5.31. The molecule has 3 aromatic rings. The number of hydrogen-bond donors (Lipinski definition) is 4. The molecule has 0 radical (unpaired) electrons. The summed E-state index contributed by atoms with van der Waals surface area (Å²) in [5.74, 6) is 0.358. The predicted octanol–water partition coefficient (Wildman–Crippen LogP) is 6.20. The monoisotopic (exact) mass is 655 g/mol. The van der Waals surface area contributed by atoms with E-state index in [-0.39, 0.29) is 30.3 Å². The summed E-state index contributed by atoms with van der Waals surface area (Å²) in [6, 6.07) is 8.21. The summed E-state index contributed by atoms with van der Waals surface area (Å²) in [4.78, 5) is 59.2. The van der Waals surface area contributed by atoms with Crippen LogP contribution in [-0.2, 0) is 16.1 Å². The van der Waals surface area contributed by atoms with Gasteiger partial charge >= 0.3 is 6.03 Å². The highest BCUT2D eigenvalue weighted by Crippen LogP contribution is 2.31. The largest absolute Gasteiger partial charge is 0.331 e. The number of anilines is 5. The first-order valence-corrected chi connectivity index (χ1v) is 16.0. The molecule has 3 aliphatic rings. The Balaban J connectivity index is 1.14. The Kier molecular flexibility index (Phi) is 9.84. The lowest BCUT2D eigenvalue weighted by atomic mass is 9.93. The van der Waals surface area contributed by atoms with Gasteiger partial charge in [-0.05, 0) is 87.6 Å². The second kappa shape index (κ2) is 14.7. The summed E-state index contributed by atoms with van der Waals surface area (Å²) < 4.78 is 0. The summed E-state index contributed by atoms with van der Waals surface area (Å²) in [7, 11) is 0.